The van der Waals surface area contributed by atoms with Gasteiger partial charge in [0.25, 0.3) is 5.91 Å². The van der Waals surface area contributed by atoms with Crippen molar-refractivity contribution in [3.05, 3.63) is 83.1 Å². The molecule has 178 valence electrons. The lowest BCUT2D eigenvalue weighted by atomic mass is 9.75. The summed E-state index contributed by atoms with van der Waals surface area (Å²) in [6, 6.07) is 18.5. The Labute approximate surface area is 210 Å². The number of hydrogen-bond donors (Lipinski definition) is 1. The van der Waals surface area contributed by atoms with Crippen molar-refractivity contribution in [1.82, 2.24) is 14.9 Å². The maximum absolute atomic E-state index is 13.5. The van der Waals surface area contributed by atoms with Gasteiger partial charge in [0.05, 0.1) is 0 Å². The summed E-state index contributed by atoms with van der Waals surface area (Å²) in [5.41, 5.74) is 5.27. The number of aromatic amines is 1. The highest BCUT2D eigenvalue weighted by atomic mass is 35.5. The summed E-state index contributed by atoms with van der Waals surface area (Å²) in [6.07, 6.45) is 6.72. The van der Waals surface area contributed by atoms with Crippen molar-refractivity contribution in [3.8, 4) is 16.9 Å². The zero-order valence-corrected chi connectivity index (χ0v) is 20.5. The van der Waals surface area contributed by atoms with Crippen LogP contribution in [0, 0.1) is 5.41 Å². The summed E-state index contributed by atoms with van der Waals surface area (Å²) < 4.78 is 6.36. The van der Waals surface area contributed by atoms with Gasteiger partial charge in [0.15, 0.2) is 6.10 Å². The highest BCUT2D eigenvalue weighted by molar-refractivity contribution is 6.31. The minimum absolute atomic E-state index is 0.0755. The Morgan fingerprint density at radius 3 is 2.74 bits per heavy atom. The number of likely N-dealkylation sites (tertiary alicyclic amines) is 1. The summed E-state index contributed by atoms with van der Waals surface area (Å²) in [6.45, 7) is 3.87. The molecule has 4 heterocycles. The minimum Gasteiger partial charge on any atom is -0.479 e. The number of ether oxygens (including phenoxy) is 1. The van der Waals surface area contributed by atoms with E-state index in [0.717, 1.165) is 65.8 Å². The van der Waals surface area contributed by atoms with Crippen LogP contribution in [0.1, 0.15) is 30.9 Å². The van der Waals surface area contributed by atoms with Gasteiger partial charge in [-0.2, -0.15) is 0 Å². The molecule has 2 aliphatic heterocycles. The second kappa shape index (κ2) is 8.72. The zero-order valence-electron chi connectivity index (χ0n) is 19.8. The van der Waals surface area contributed by atoms with Crippen LogP contribution in [0.25, 0.3) is 22.2 Å². The lowest BCUT2D eigenvalue weighted by Gasteiger charge is -2.40. The van der Waals surface area contributed by atoms with E-state index in [1.807, 2.05) is 35.4 Å². The smallest absolute Gasteiger partial charge is 0.263 e. The Hall–Kier alpha value is -3.31. The van der Waals surface area contributed by atoms with E-state index in [0.29, 0.717) is 11.4 Å². The lowest BCUT2D eigenvalue weighted by Crippen LogP contribution is -2.48. The molecule has 4 aromatic rings. The van der Waals surface area contributed by atoms with Gasteiger partial charge in [-0.3, -0.25) is 4.79 Å². The molecule has 1 atom stereocenters. The first-order valence-corrected chi connectivity index (χ1v) is 12.6. The molecule has 1 saturated heterocycles. The van der Waals surface area contributed by atoms with Crippen LogP contribution in [0.4, 0.5) is 0 Å². The van der Waals surface area contributed by atoms with Gasteiger partial charge < -0.3 is 14.6 Å². The summed E-state index contributed by atoms with van der Waals surface area (Å²) in [7, 11) is 0. The maximum atomic E-state index is 13.5. The number of benzene rings is 2. The predicted octanol–water partition coefficient (Wildman–Crippen LogP) is 6.06. The number of piperidine rings is 1. The standard InChI is InChI=1S/C29H28ClN3O2/c1-29(18-19-5-3-2-4-6-19)9-13-33(14-10-29)28(34)25-16-20-15-21(30)17-24(26(20)35-25)22-7-11-31-27-23(22)8-12-32-27/h2-8,11-12,15,17,25H,9-10,13-14,16,18H2,1H3,(H,31,32). The molecule has 1 amide bonds. The van der Waals surface area contributed by atoms with Gasteiger partial charge in [0.2, 0.25) is 0 Å². The van der Waals surface area contributed by atoms with Crippen LogP contribution in [0.2, 0.25) is 5.02 Å². The molecule has 1 N–H and O–H groups in total. The third-order valence-corrected chi connectivity index (χ3v) is 7.80. The molecule has 0 bridgehead atoms. The van der Waals surface area contributed by atoms with Gasteiger partial charge >= 0.3 is 0 Å². The summed E-state index contributed by atoms with van der Waals surface area (Å²) >= 11 is 6.50. The van der Waals surface area contributed by atoms with Crippen molar-refractivity contribution in [2.24, 2.45) is 5.41 Å². The Kier molecular flexibility index (Phi) is 5.53. The number of fused-ring (bicyclic) bond motifs is 2. The van der Waals surface area contributed by atoms with E-state index >= 15 is 0 Å². The van der Waals surface area contributed by atoms with E-state index < -0.39 is 6.10 Å². The van der Waals surface area contributed by atoms with Crippen molar-refractivity contribution in [1.29, 1.82) is 0 Å². The quantitative estimate of drug-likeness (QED) is 0.382. The molecular weight excluding hydrogens is 458 g/mol. The SMILES string of the molecule is CC1(Cc2ccccc2)CCN(C(=O)C2Cc3cc(Cl)cc(-c4ccnc5[nH]ccc45)c3O2)CC1. The number of carbonyl (C=O) groups is 1. The number of nitrogens with zero attached hydrogens (tertiary/aromatic N) is 2. The molecule has 2 aromatic carbocycles. The van der Waals surface area contributed by atoms with Gasteiger partial charge in [0.1, 0.15) is 11.4 Å². The van der Waals surface area contributed by atoms with E-state index in [4.69, 9.17) is 16.3 Å². The largest absolute Gasteiger partial charge is 0.479 e. The Morgan fingerprint density at radius 1 is 1.14 bits per heavy atom. The first kappa shape index (κ1) is 22.2. The number of aromatic nitrogens is 2. The Balaban J connectivity index is 1.19. The molecule has 0 spiro atoms. The van der Waals surface area contributed by atoms with Gasteiger partial charge in [-0.25, -0.2) is 4.98 Å². The van der Waals surface area contributed by atoms with Crippen LogP contribution < -0.4 is 4.74 Å². The molecule has 6 rings (SSSR count). The molecular formula is C29H28ClN3O2. The highest BCUT2D eigenvalue weighted by Gasteiger charge is 2.38. The molecule has 0 aliphatic carbocycles. The first-order valence-electron chi connectivity index (χ1n) is 12.2. The Bertz CT molecular complexity index is 1390. The van der Waals surface area contributed by atoms with Gasteiger partial charge in [0, 0.05) is 53.4 Å². The first-order chi connectivity index (χ1) is 17.0. The van der Waals surface area contributed by atoms with E-state index in [1.54, 1.807) is 6.20 Å². The highest BCUT2D eigenvalue weighted by Crippen LogP contribution is 2.43. The van der Waals surface area contributed by atoms with Crippen molar-refractivity contribution < 1.29 is 9.53 Å². The molecule has 1 fully saturated rings. The molecule has 1 unspecified atom stereocenters. The number of H-pyrrole nitrogens is 1. The molecule has 0 radical (unpaired) electrons. The Morgan fingerprint density at radius 2 is 1.94 bits per heavy atom. The van der Waals surface area contributed by atoms with Crippen LogP contribution in [0.3, 0.4) is 0 Å². The fourth-order valence-electron chi connectivity index (χ4n) is 5.59. The molecule has 5 nitrogen and oxygen atoms in total. The lowest BCUT2D eigenvalue weighted by molar-refractivity contribution is -0.140. The molecule has 6 heteroatoms. The molecule has 2 aromatic heterocycles. The minimum atomic E-state index is -0.510. The van der Waals surface area contributed by atoms with Crippen LogP contribution in [0.5, 0.6) is 5.75 Å². The summed E-state index contributed by atoms with van der Waals surface area (Å²) in [5, 5.41) is 1.65. The molecule has 2 aliphatic rings. The van der Waals surface area contributed by atoms with Crippen molar-refractivity contribution in [2.75, 3.05) is 13.1 Å². The third-order valence-electron chi connectivity index (χ3n) is 7.58. The topological polar surface area (TPSA) is 58.2 Å². The molecule has 35 heavy (non-hydrogen) atoms. The fraction of sp³-hybridized carbons (Fsp3) is 0.310. The normalized spacial score (nSPS) is 18.9. The number of amides is 1. The number of halogens is 1. The zero-order chi connectivity index (χ0) is 24.0. The second-order valence-corrected chi connectivity index (χ2v) is 10.6. The van der Waals surface area contributed by atoms with Gasteiger partial charge in [-0.1, -0.05) is 48.9 Å². The van der Waals surface area contributed by atoms with E-state index in [1.165, 1.54) is 5.56 Å². The average Bonchev–Trinajstić information content (AvgIpc) is 3.51. The summed E-state index contributed by atoms with van der Waals surface area (Å²) in [4.78, 5) is 23.0. The van der Waals surface area contributed by atoms with E-state index in [2.05, 4.69) is 47.2 Å². The van der Waals surface area contributed by atoms with Crippen molar-refractivity contribution in [2.45, 2.75) is 38.7 Å². The number of nitrogens with one attached hydrogen (secondary N) is 1. The average molecular weight is 486 g/mol. The monoisotopic (exact) mass is 485 g/mol. The van der Waals surface area contributed by atoms with Crippen LogP contribution in [-0.2, 0) is 17.6 Å². The van der Waals surface area contributed by atoms with Crippen molar-refractivity contribution >= 4 is 28.5 Å². The van der Waals surface area contributed by atoms with Gasteiger partial charge in [-0.15, -0.1) is 0 Å². The van der Waals surface area contributed by atoms with Crippen LogP contribution in [0.15, 0.2) is 67.0 Å². The maximum Gasteiger partial charge on any atom is 0.263 e. The summed E-state index contributed by atoms with van der Waals surface area (Å²) in [5.74, 6) is 0.832. The van der Waals surface area contributed by atoms with E-state index in [-0.39, 0.29) is 11.3 Å². The number of carbonyl (C=O) groups excluding carboxylic acids is 1. The second-order valence-electron chi connectivity index (χ2n) is 10.1. The fourth-order valence-corrected chi connectivity index (χ4v) is 5.83. The number of hydrogen-bond acceptors (Lipinski definition) is 3. The third kappa shape index (κ3) is 4.19. The van der Waals surface area contributed by atoms with Crippen LogP contribution in [-0.4, -0.2) is 40.0 Å². The van der Waals surface area contributed by atoms with Crippen LogP contribution >= 0.6 is 11.6 Å². The number of pyridine rings is 1. The van der Waals surface area contributed by atoms with E-state index in [9.17, 15) is 4.79 Å². The predicted molar refractivity (Wildman–Crippen MR) is 139 cm³/mol. The van der Waals surface area contributed by atoms with Crippen molar-refractivity contribution in [3.63, 3.8) is 0 Å². The van der Waals surface area contributed by atoms with Gasteiger partial charge in [-0.05, 0) is 60.1 Å². The molecule has 0 saturated carbocycles. The number of rotatable bonds is 4.